The molecule has 0 aliphatic heterocycles. The molecular formula is C16H22ClFN2. The molecule has 0 fully saturated rings. The molecule has 2 atom stereocenters. The lowest BCUT2D eigenvalue weighted by atomic mass is 10.0. The molecule has 1 aromatic carbocycles. The molecular weight excluding hydrogens is 275 g/mol. The summed E-state index contributed by atoms with van der Waals surface area (Å²) in [5.74, 6) is 1.24. The van der Waals surface area contributed by atoms with Crippen molar-refractivity contribution in [2.24, 2.45) is 5.92 Å². The molecule has 0 aliphatic rings. The van der Waals surface area contributed by atoms with Gasteiger partial charge in [0.05, 0.1) is 16.4 Å². The van der Waals surface area contributed by atoms with Crippen LogP contribution >= 0.6 is 11.6 Å². The van der Waals surface area contributed by atoms with Gasteiger partial charge in [-0.25, -0.2) is 9.37 Å². The predicted octanol–water partition coefficient (Wildman–Crippen LogP) is 5.47. The Morgan fingerprint density at radius 3 is 2.50 bits per heavy atom. The zero-order valence-corrected chi connectivity index (χ0v) is 13.3. The van der Waals surface area contributed by atoms with Gasteiger partial charge in [0.15, 0.2) is 0 Å². The van der Waals surface area contributed by atoms with Crippen molar-refractivity contribution < 1.29 is 4.39 Å². The molecule has 2 unspecified atom stereocenters. The van der Waals surface area contributed by atoms with Gasteiger partial charge in [-0.05, 0) is 50.8 Å². The van der Waals surface area contributed by atoms with E-state index in [-0.39, 0.29) is 17.2 Å². The van der Waals surface area contributed by atoms with E-state index in [1.807, 2.05) is 6.92 Å². The Morgan fingerprint density at radius 2 is 1.90 bits per heavy atom. The molecule has 4 heteroatoms. The summed E-state index contributed by atoms with van der Waals surface area (Å²) in [7, 11) is 0. The standard InChI is InChI=1S/C16H22ClFN2/c1-10(2)5-6-11(3)20-15-9-13(18)7-8-14(15)19-16(20)12(4)17/h7-12H,5-6H2,1-4H3. The summed E-state index contributed by atoms with van der Waals surface area (Å²) < 4.78 is 15.6. The first-order chi connectivity index (χ1) is 9.40. The molecule has 0 radical (unpaired) electrons. The largest absolute Gasteiger partial charge is 0.324 e. The third-order valence-corrected chi connectivity index (χ3v) is 3.83. The minimum atomic E-state index is -0.233. The Balaban J connectivity index is 2.47. The topological polar surface area (TPSA) is 17.8 Å². The molecule has 0 N–H and O–H groups in total. The van der Waals surface area contributed by atoms with Crippen LogP contribution in [0, 0.1) is 11.7 Å². The average molecular weight is 297 g/mol. The molecule has 0 aliphatic carbocycles. The van der Waals surface area contributed by atoms with Crippen LogP contribution < -0.4 is 0 Å². The van der Waals surface area contributed by atoms with E-state index in [2.05, 4.69) is 30.3 Å². The van der Waals surface area contributed by atoms with Gasteiger partial charge in [-0.2, -0.15) is 0 Å². The molecule has 0 saturated carbocycles. The second kappa shape index (κ2) is 6.13. The van der Waals surface area contributed by atoms with E-state index in [9.17, 15) is 4.39 Å². The molecule has 0 amide bonds. The van der Waals surface area contributed by atoms with Crippen LogP contribution in [0.2, 0.25) is 0 Å². The van der Waals surface area contributed by atoms with Gasteiger partial charge in [-0.1, -0.05) is 13.8 Å². The molecule has 1 aromatic heterocycles. The van der Waals surface area contributed by atoms with Crippen molar-refractivity contribution in [3.63, 3.8) is 0 Å². The quantitative estimate of drug-likeness (QED) is 0.669. The van der Waals surface area contributed by atoms with Crippen LogP contribution in [0.15, 0.2) is 18.2 Å². The van der Waals surface area contributed by atoms with Crippen LogP contribution in [0.1, 0.15) is 57.8 Å². The molecule has 0 bridgehead atoms. The number of alkyl halides is 1. The van der Waals surface area contributed by atoms with Crippen LogP contribution in [-0.2, 0) is 0 Å². The fraction of sp³-hybridized carbons (Fsp3) is 0.562. The summed E-state index contributed by atoms with van der Waals surface area (Å²) in [6.07, 6.45) is 2.17. The van der Waals surface area contributed by atoms with Crippen molar-refractivity contribution >= 4 is 22.6 Å². The number of nitrogens with zero attached hydrogens (tertiary/aromatic N) is 2. The number of hydrogen-bond acceptors (Lipinski definition) is 1. The second-order valence-electron chi connectivity index (χ2n) is 5.91. The zero-order chi connectivity index (χ0) is 14.9. The van der Waals surface area contributed by atoms with Gasteiger partial charge in [0.25, 0.3) is 0 Å². The highest BCUT2D eigenvalue weighted by Gasteiger charge is 2.19. The summed E-state index contributed by atoms with van der Waals surface area (Å²) in [4.78, 5) is 4.57. The Hall–Kier alpha value is -1.09. The number of hydrogen-bond donors (Lipinski definition) is 0. The van der Waals surface area contributed by atoms with Crippen LogP contribution in [-0.4, -0.2) is 9.55 Å². The van der Waals surface area contributed by atoms with Gasteiger partial charge in [-0.15, -0.1) is 11.6 Å². The van der Waals surface area contributed by atoms with Gasteiger partial charge in [0.2, 0.25) is 0 Å². The Kier molecular flexibility index (Phi) is 4.69. The third kappa shape index (κ3) is 3.14. The first-order valence-electron chi connectivity index (χ1n) is 7.21. The maximum Gasteiger partial charge on any atom is 0.127 e. The SMILES string of the molecule is CC(C)CCC(C)n1c(C(C)Cl)nc2ccc(F)cc21. The molecule has 0 spiro atoms. The first kappa shape index (κ1) is 15.3. The molecule has 20 heavy (non-hydrogen) atoms. The number of benzene rings is 1. The van der Waals surface area contributed by atoms with E-state index in [4.69, 9.17) is 11.6 Å². The fourth-order valence-corrected chi connectivity index (χ4v) is 2.69. The summed E-state index contributed by atoms with van der Waals surface area (Å²) in [6, 6.07) is 4.98. The lowest BCUT2D eigenvalue weighted by Gasteiger charge is -2.19. The highest BCUT2D eigenvalue weighted by Crippen LogP contribution is 2.30. The summed E-state index contributed by atoms with van der Waals surface area (Å²) >= 11 is 6.25. The number of halogens is 2. The van der Waals surface area contributed by atoms with Crippen LogP contribution in [0.25, 0.3) is 11.0 Å². The molecule has 1 heterocycles. The van der Waals surface area contributed by atoms with Crippen molar-refractivity contribution in [2.75, 3.05) is 0 Å². The van der Waals surface area contributed by atoms with Gasteiger partial charge >= 0.3 is 0 Å². The van der Waals surface area contributed by atoms with E-state index >= 15 is 0 Å². The Labute approximate surface area is 125 Å². The van der Waals surface area contributed by atoms with E-state index in [1.165, 1.54) is 6.07 Å². The van der Waals surface area contributed by atoms with Crippen LogP contribution in [0.4, 0.5) is 4.39 Å². The minimum Gasteiger partial charge on any atom is -0.324 e. The Bertz CT molecular complexity index is 589. The predicted molar refractivity (Wildman–Crippen MR) is 82.7 cm³/mol. The van der Waals surface area contributed by atoms with Crippen molar-refractivity contribution in [3.8, 4) is 0 Å². The van der Waals surface area contributed by atoms with Gasteiger partial charge in [0.1, 0.15) is 11.6 Å². The summed E-state index contributed by atoms with van der Waals surface area (Å²) in [5, 5.41) is -0.188. The monoisotopic (exact) mass is 296 g/mol. The number of aromatic nitrogens is 2. The van der Waals surface area contributed by atoms with E-state index in [0.29, 0.717) is 5.92 Å². The van der Waals surface area contributed by atoms with E-state index in [1.54, 1.807) is 12.1 Å². The van der Waals surface area contributed by atoms with Crippen molar-refractivity contribution in [3.05, 3.63) is 29.8 Å². The Morgan fingerprint density at radius 1 is 1.20 bits per heavy atom. The van der Waals surface area contributed by atoms with Crippen molar-refractivity contribution in [1.29, 1.82) is 0 Å². The molecule has 2 rings (SSSR count). The van der Waals surface area contributed by atoms with Crippen LogP contribution in [0.5, 0.6) is 0 Å². The average Bonchev–Trinajstić information content (AvgIpc) is 2.74. The van der Waals surface area contributed by atoms with Gasteiger partial charge < -0.3 is 4.57 Å². The number of rotatable bonds is 5. The number of imidazole rings is 1. The lowest BCUT2D eigenvalue weighted by molar-refractivity contribution is 0.436. The first-order valence-corrected chi connectivity index (χ1v) is 7.65. The van der Waals surface area contributed by atoms with Crippen molar-refractivity contribution in [1.82, 2.24) is 9.55 Å². The summed E-state index contributed by atoms with van der Waals surface area (Å²) in [6.45, 7) is 8.48. The normalized spacial score (nSPS) is 14.9. The third-order valence-electron chi connectivity index (χ3n) is 3.64. The maximum atomic E-state index is 13.5. The highest BCUT2D eigenvalue weighted by atomic mass is 35.5. The maximum absolute atomic E-state index is 13.5. The van der Waals surface area contributed by atoms with Crippen LogP contribution in [0.3, 0.4) is 0 Å². The minimum absolute atomic E-state index is 0.188. The smallest absolute Gasteiger partial charge is 0.127 e. The highest BCUT2D eigenvalue weighted by molar-refractivity contribution is 6.20. The van der Waals surface area contributed by atoms with Gasteiger partial charge in [0, 0.05) is 6.04 Å². The zero-order valence-electron chi connectivity index (χ0n) is 12.5. The molecule has 2 aromatic rings. The molecule has 2 nitrogen and oxygen atoms in total. The van der Waals surface area contributed by atoms with Crippen molar-refractivity contribution in [2.45, 2.75) is 52.0 Å². The van der Waals surface area contributed by atoms with E-state index in [0.717, 1.165) is 29.7 Å². The number of fused-ring (bicyclic) bond motifs is 1. The second-order valence-corrected chi connectivity index (χ2v) is 6.56. The van der Waals surface area contributed by atoms with E-state index < -0.39 is 0 Å². The fourth-order valence-electron chi connectivity index (χ4n) is 2.53. The molecule has 110 valence electrons. The molecule has 0 saturated heterocycles. The lowest BCUT2D eigenvalue weighted by Crippen LogP contribution is -2.11. The summed E-state index contributed by atoms with van der Waals surface area (Å²) in [5.41, 5.74) is 1.65. The van der Waals surface area contributed by atoms with Gasteiger partial charge in [-0.3, -0.25) is 0 Å².